The summed E-state index contributed by atoms with van der Waals surface area (Å²) in [7, 11) is 2.88. The van der Waals surface area contributed by atoms with Crippen LogP contribution >= 0.6 is 0 Å². The van der Waals surface area contributed by atoms with E-state index in [0.717, 1.165) is 4.90 Å². The molecule has 2 N–H and O–H groups in total. The number of imide groups is 1. The minimum Gasteiger partial charge on any atom is -0.423 e. The number of fused-ring (bicyclic) bond motifs is 6. The van der Waals surface area contributed by atoms with Crippen molar-refractivity contribution in [3.05, 3.63) is 87.0 Å². The molecule has 8 nitrogen and oxygen atoms in total. The molecular weight excluding hydrogens is 396 g/mol. The molecule has 1 unspecified atom stereocenters. The first-order chi connectivity index (χ1) is 14.9. The van der Waals surface area contributed by atoms with Crippen molar-refractivity contribution >= 4 is 22.6 Å². The maximum atomic E-state index is 13.9. The Morgan fingerprint density at radius 3 is 2.35 bits per heavy atom. The average molecular weight is 412 g/mol. The van der Waals surface area contributed by atoms with Crippen LogP contribution in [0.15, 0.2) is 64.8 Å². The Hall–Kier alpha value is -4.38. The molecule has 0 radical (unpaired) electrons. The number of amides is 2. The third-order valence-corrected chi connectivity index (χ3v) is 6.06. The summed E-state index contributed by atoms with van der Waals surface area (Å²) >= 11 is 0. The lowest BCUT2D eigenvalue weighted by atomic mass is 9.63. The fourth-order valence-corrected chi connectivity index (χ4v) is 4.65. The van der Waals surface area contributed by atoms with Gasteiger partial charge in [0.25, 0.3) is 11.5 Å². The van der Waals surface area contributed by atoms with Gasteiger partial charge in [-0.1, -0.05) is 36.4 Å². The molecule has 1 atom stereocenters. The van der Waals surface area contributed by atoms with Gasteiger partial charge in [-0.2, -0.15) is 5.26 Å². The van der Waals surface area contributed by atoms with Crippen molar-refractivity contribution in [2.24, 2.45) is 12.8 Å². The van der Waals surface area contributed by atoms with Crippen LogP contribution in [0.3, 0.4) is 0 Å². The van der Waals surface area contributed by atoms with Crippen LogP contribution in [0.25, 0.3) is 10.8 Å². The van der Waals surface area contributed by atoms with Gasteiger partial charge in [0.1, 0.15) is 17.1 Å². The molecule has 2 aliphatic rings. The molecule has 0 saturated heterocycles. The zero-order valence-electron chi connectivity index (χ0n) is 16.7. The molecule has 1 aromatic heterocycles. The lowest BCUT2D eigenvalue weighted by Crippen LogP contribution is -2.56. The number of aromatic nitrogens is 1. The molecule has 3 aromatic rings. The molecule has 2 aliphatic heterocycles. The number of carbonyl (C=O) groups excluding carboxylic acids is 2. The molecule has 2 amide bonds. The number of nitriles is 1. The van der Waals surface area contributed by atoms with Crippen molar-refractivity contribution in [3.63, 3.8) is 0 Å². The summed E-state index contributed by atoms with van der Waals surface area (Å²) in [5.74, 6) is -1.34. The first kappa shape index (κ1) is 18.6. The fraction of sp³-hybridized carbons (Fsp3) is 0.130. The highest BCUT2D eigenvalue weighted by Gasteiger charge is 2.59. The average Bonchev–Trinajstić information content (AvgIpc) is 2.79. The maximum absolute atomic E-state index is 13.9. The largest absolute Gasteiger partial charge is 0.423 e. The summed E-state index contributed by atoms with van der Waals surface area (Å²) in [6, 6.07) is 15.5. The smallest absolute Gasteiger partial charge is 0.260 e. The molecule has 1 spiro atoms. The van der Waals surface area contributed by atoms with Crippen LogP contribution in [-0.2, 0) is 17.3 Å². The van der Waals surface area contributed by atoms with Gasteiger partial charge < -0.3 is 10.5 Å². The number of carbonyl (C=O) groups is 2. The summed E-state index contributed by atoms with van der Waals surface area (Å²) in [6.07, 6.45) is 0. The number of nitrogens with zero attached hydrogens (tertiary/aromatic N) is 3. The van der Waals surface area contributed by atoms with Gasteiger partial charge in [-0.25, -0.2) is 0 Å². The number of rotatable bonds is 0. The predicted molar refractivity (Wildman–Crippen MR) is 111 cm³/mol. The normalized spacial score (nSPS) is 19.8. The van der Waals surface area contributed by atoms with Crippen molar-refractivity contribution in [2.45, 2.75) is 5.41 Å². The van der Waals surface area contributed by atoms with Gasteiger partial charge in [0.15, 0.2) is 0 Å². The summed E-state index contributed by atoms with van der Waals surface area (Å²) in [5, 5.41) is 10.9. The number of benzene rings is 2. The van der Waals surface area contributed by atoms with E-state index in [-0.39, 0.29) is 28.5 Å². The van der Waals surface area contributed by atoms with Crippen molar-refractivity contribution in [3.8, 4) is 11.9 Å². The van der Waals surface area contributed by atoms with Crippen LogP contribution < -0.4 is 16.0 Å². The number of ether oxygens (including phenoxy) is 1. The number of nitrogens with two attached hydrogens (primary N) is 1. The zero-order valence-corrected chi connectivity index (χ0v) is 16.7. The number of likely N-dealkylation sites (N-methyl/N-ethyl adjacent to an activating group) is 1. The molecule has 0 saturated carbocycles. The molecule has 3 heterocycles. The van der Waals surface area contributed by atoms with E-state index in [1.165, 1.54) is 18.7 Å². The molecule has 8 heteroatoms. The Labute approximate surface area is 176 Å². The third kappa shape index (κ3) is 2.04. The second-order valence-corrected chi connectivity index (χ2v) is 7.51. The quantitative estimate of drug-likeness (QED) is 0.560. The van der Waals surface area contributed by atoms with E-state index in [4.69, 9.17) is 10.5 Å². The van der Waals surface area contributed by atoms with Crippen LogP contribution in [0.1, 0.15) is 21.5 Å². The molecule has 0 aliphatic carbocycles. The van der Waals surface area contributed by atoms with Crippen LogP contribution in [0.4, 0.5) is 0 Å². The summed E-state index contributed by atoms with van der Waals surface area (Å²) in [6.45, 7) is 0. The van der Waals surface area contributed by atoms with E-state index in [1.807, 2.05) is 6.07 Å². The van der Waals surface area contributed by atoms with Crippen molar-refractivity contribution in [1.82, 2.24) is 9.47 Å². The fourth-order valence-electron chi connectivity index (χ4n) is 4.65. The summed E-state index contributed by atoms with van der Waals surface area (Å²) in [5.41, 5.74) is 4.85. The number of pyridine rings is 1. The number of hydrogen-bond acceptors (Lipinski definition) is 6. The molecule has 152 valence electrons. The van der Waals surface area contributed by atoms with E-state index in [0.29, 0.717) is 21.9 Å². The van der Waals surface area contributed by atoms with Gasteiger partial charge in [0.2, 0.25) is 17.7 Å². The Bertz CT molecular complexity index is 1480. The second-order valence-electron chi connectivity index (χ2n) is 7.51. The SMILES string of the molecule is CN1C(=O)c2ccccc2C2(C1=O)C(C#N)=C(N)Oc1c2c2ccccc2c(=O)n1C. The zero-order chi connectivity index (χ0) is 22.1. The highest BCUT2D eigenvalue weighted by atomic mass is 16.5. The van der Waals surface area contributed by atoms with E-state index in [9.17, 15) is 19.6 Å². The van der Waals surface area contributed by atoms with Crippen molar-refractivity contribution in [1.29, 1.82) is 5.26 Å². The Morgan fingerprint density at radius 2 is 1.65 bits per heavy atom. The predicted octanol–water partition coefficient (Wildman–Crippen LogP) is 1.52. The Morgan fingerprint density at radius 1 is 1.00 bits per heavy atom. The molecule has 5 rings (SSSR count). The van der Waals surface area contributed by atoms with Crippen molar-refractivity contribution < 1.29 is 14.3 Å². The molecule has 2 aromatic carbocycles. The van der Waals surface area contributed by atoms with Gasteiger partial charge >= 0.3 is 0 Å². The van der Waals surface area contributed by atoms with E-state index in [1.54, 1.807) is 48.5 Å². The van der Waals surface area contributed by atoms with Gasteiger partial charge in [0.05, 0.1) is 0 Å². The summed E-state index contributed by atoms with van der Waals surface area (Å²) < 4.78 is 7.02. The second kappa shape index (κ2) is 6.06. The highest BCUT2D eigenvalue weighted by Crippen LogP contribution is 2.52. The monoisotopic (exact) mass is 412 g/mol. The number of hydrogen-bond donors (Lipinski definition) is 1. The minimum absolute atomic E-state index is 0.0612. The van der Waals surface area contributed by atoms with E-state index >= 15 is 0 Å². The molecular formula is C23H16N4O4. The lowest BCUT2D eigenvalue weighted by Gasteiger charge is -2.43. The van der Waals surface area contributed by atoms with Crippen LogP contribution in [0, 0.1) is 11.3 Å². The van der Waals surface area contributed by atoms with Crippen LogP contribution in [0.2, 0.25) is 0 Å². The van der Waals surface area contributed by atoms with E-state index in [2.05, 4.69) is 0 Å². The minimum atomic E-state index is -1.74. The first-order valence-electron chi connectivity index (χ1n) is 9.48. The molecule has 0 bridgehead atoms. The van der Waals surface area contributed by atoms with Crippen LogP contribution in [-0.4, -0.2) is 28.3 Å². The third-order valence-electron chi connectivity index (χ3n) is 6.06. The highest BCUT2D eigenvalue weighted by molar-refractivity contribution is 6.18. The standard InChI is InChI=1S/C23H16N4O4/c1-26-19(28)13-8-4-3-7-12(13)17-21(26)31-18(25)16(11-24)23(17)15-10-6-5-9-14(15)20(29)27(2)22(23)30/h3-10H,25H2,1-2H3. The van der Waals surface area contributed by atoms with E-state index < -0.39 is 17.2 Å². The van der Waals surface area contributed by atoms with Gasteiger partial charge in [0, 0.05) is 30.6 Å². The Balaban J connectivity index is 2.11. The van der Waals surface area contributed by atoms with Gasteiger partial charge in [-0.15, -0.1) is 0 Å². The topological polar surface area (TPSA) is 118 Å². The summed E-state index contributed by atoms with van der Waals surface area (Å²) in [4.78, 5) is 40.8. The first-order valence-corrected chi connectivity index (χ1v) is 9.48. The maximum Gasteiger partial charge on any atom is 0.260 e. The Kier molecular flexibility index (Phi) is 3.64. The van der Waals surface area contributed by atoms with Gasteiger partial charge in [-0.3, -0.25) is 23.9 Å². The van der Waals surface area contributed by atoms with Crippen LogP contribution in [0.5, 0.6) is 5.88 Å². The van der Waals surface area contributed by atoms with Gasteiger partial charge in [-0.05, 0) is 23.1 Å². The lowest BCUT2D eigenvalue weighted by molar-refractivity contribution is -0.131. The molecule has 31 heavy (non-hydrogen) atoms. The molecule has 0 fully saturated rings. The van der Waals surface area contributed by atoms with Crippen molar-refractivity contribution in [2.75, 3.05) is 7.05 Å².